The predicted molar refractivity (Wildman–Crippen MR) is 69.4 cm³/mol. The van der Waals surface area contributed by atoms with E-state index in [-0.39, 0.29) is 19.4 Å². The number of ketones is 1. The molecule has 1 rings (SSSR count). The SMILES string of the molecule is CCOC(=O)CCC(=O)COc1c(F)cccc1[N+](=O)[O-]. The molecule has 0 N–H and O–H groups in total. The average Bonchev–Trinajstić information content (AvgIpc) is 2.43. The summed E-state index contributed by atoms with van der Waals surface area (Å²) < 4.78 is 23.0. The Balaban J connectivity index is 2.57. The van der Waals surface area contributed by atoms with Gasteiger partial charge in [0.25, 0.3) is 0 Å². The number of esters is 1. The van der Waals surface area contributed by atoms with Crippen LogP contribution in [0.15, 0.2) is 18.2 Å². The fourth-order valence-electron chi connectivity index (χ4n) is 1.48. The lowest BCUT2D eigenvalue weighted by atomic mass is 10.2. The lowest BCUT2D eigenvalue weighted by Gasteiger charge is -2.07. The molecule has 1 aromatic carbocycles. The van der Waals surface area contributed by atoms with Gasteiger partial charge in [-0.3, -0.25) is 19.7 Å². The first-order valence-electron chi connectivity index (χ1n) is 6.18. The highest BCUT2D eigenvalue weighted by molar-refractivity contribution is 5.84. The van der Waals surface area contributed by atoms with Crippen molar-refractivity contribution in [2.45, 2.75) is 19.8 Å². The summed E-state index contributed by atoms with van der Waals surface area (Å²) in [7, 11) is 0. The highest BCUT2D eigenvalue weighted by Gasteiger charge is 2.20. The zero-order chi connectivity index (χ0) is 15.8. The lowest BCUT2D eigenvalue weighted by molar-refractivity contribution is -0.386. The first-order valence-corrected chi connectivity index (χ1v) is 6.18. The molecule has 21 heavy (non-hydrogen) atoms. The number of carbonyl (C=O) groups is 2. The third kappa shape index (κ3) is 5.17. The lowest BCUT2D eigenvalue weighted by Crippen LogP contribution is -2.15. The Labute approximate surface area is 119 Å². The maximum Gasteiger partial charge on any atom is 0.314 e. The Morgan fingerprint density at radius 1 is 1.33 bits per heavy atom. The summed E-state index contributed by atoms with van der Waals surface area (Å²) in [5.41, 5.74) is -0.562. The summed E-state index contributed by atoms with van der Waals surface area (Å²) in [6.07, 6.45) is -0.253. The summed E-state index contributed by atoms with van der Waals surface area (Å²) in [5, 5.41) is 10.7. The molecule has 0 aromatic heterocycles. The van der Waals surface area contributed by atoms with Crippen molar-refractivity contribution in [3.8, 4) is 5.75 Å². The zero-order valence-corrected chi connectivity index (χ0v) is 11.3. The minimum Gasteiger partial charge on any atom is -0.477 e. The summed E-state index contributed by atoms with van der Waals surface area (Å²) in [6, 6.07) is 3.23. The van der Waals surface area contributed by atoms with E-state index in [1.165, 1.54) is 6.07 Å². The number of hydrogen-bond acceptors (Lipinski definition) is 6. The smallest absolute Gasteiger partial charge is 0.314 e. The second-order valence-corrected chi connectivity index (χ2v) is 3.98. The topological polar surface area (TPSA) is 95.7 Å². The molecule has 0 atom stereocenters. The van der Waals surface area contributed by atoms with E-state index in [2.05, 4.69) is 4.74 Å². The normalized spacial score (nSPS) is 10.0. The highest BCUT2D eigenvalue weighted by Crippen LogP contribution is 2.29. The first-order chi connectivity index (χ1) is 9.95. The maximum absolute atomic E-state index is 13.5. The molecule has 0 unspecified atom stereocenters. The van der Waals surface area contributed by atoms with E-state index in [1.807, 2.05) is 0 Å². The molecule has 0 fully saturated rings. The number of hydrogen-bond donors (Lipinski definition) is 0. The van der Waals surface area contributed by atoms with Gasteiger partial charge in [0.15, 0.2) is 11.6 Å². The summed E-state index contributed by atoms with van der Waals surface area (Å²) in [6.45, 7) is 1.30. The van der Waals surface area contributed by atoms with Gasteiger partial charge in [-0.25, -0.2) is 4.39 Å². The van der Waals surface area contributed by atoms with Gasteiger partial charge >= 0.3 is 11.7 Å². The van der Waals surface area contributed by atoms with Crippen LogP contribution in [-0.4, -0.2) is 29.9 Å². The van der Waals surface area contributed by atoms with Crippen molar-refractivity contribution in [2.24, 2.45) is 0 Å². The Bertz CT molecular complexity index is 545. The summed E-state index contributed by atoms with van der Waals surface area (Å²) in [4.78, 5) is 32.5. The van der Waals surface area contributed by atoms with E-state index in [0.717, 1.165) is 12.1 Å². The van der Waals surface area contributed by atoms with Crippen LogP contribution >= 0.6 is 0 Å². The molecule has 0 aliphatic heterocycles. The van der Waals surface area contributed by atoms with E-state index in [0.29, 0.717) is 0 Å². The number of para-hydroxylation sites is 1. The molecule has 0 bridgehead atoms. The van der Waals surface area contributed by atoms with Gasteiger partial charge in [0.1, 0.15) is 6.61 Å². The first kappa shape index (κ1) is 16.5. The van der Waals surface area contributed by atoms with Crippen LogP contribution in [-0.2, 0) is 14.3 Å². The second kappa shape index (κ2) is 7.93. The Morgan fingerprint density at radius 3 is 2.67 bits per heavy atom. The number of carbonyl (C=O) groups excluding carboxylic acids is 2. The maximum atomic E-state index is 13.5. The quantitative estimate of drug-likeness (QED) is 0.414. The van der Waals surface area contributed by atoms with E-state index >= 15 is 0 Å². The largest absolute Gasteiger partial charge is 0.477 e. The van der Waals surface area contributed by atoms with Crippen molar-refractivity contribution in [1.29, 1.82) is 0 Å². The van der Waals surface area contributed by atoms with Crippen molar-refractivity contribution in [3.05, 3.63) is 34.1 Å². The number of ether oxygens (including phenoxy) is 2. The van der Waals surface area contributed by atoms with Crippen molar-refractivity contribution in [1.82, 2.24) is 0 Å². The summed E-state index contributed by atoms with van der Waals surface area (Å²) in [5.74, 6) is -2.53. The van der Waals surface area contributed by atoms with Gasteiger partial charge in [-0.2, -0.15) is 0 Å². The van der Waals surface area contributed by atoms with Gasteiger partial charge in [0, 0.05) is 12.5 Å². The second-order valence-electron chi connectivity index (χ2n) is 3.98. The molecular formula is C13H14FNO6. The van der Waals surface area contributed by atoms with Gasteiger partial charge in [0.2, 0.25) is 5.75 Å². The molecule has 0 radical (unpaired) electrons. The molecular weight excluding hydrogens is 285 g/mol. The fourth-order valence-corrected chi connectivity index (χ4v) is 1.48. The molecule has 0 aliphatic rings. The molecule has 0 heterocycles. The average molecular weight is 299 g/mol. The van der Waals surface area contributed by atoms with Crippen LogP contribution in [0.5, 0.6) is 5.75 Å². The van der Waals surface area contributed by atoms with Crippen molar-refractivity contribution >= 4 is 17.4 Å². The Hall–Kier alpha value is -2.51. The zero-order valence-electron chi connectivity index (χ0n) is 11.3. The minimum atomic E-state index is -0.928. The number of Topliss-reactive ketones (excluding diaryl/α,β-unsaturated/α-hetero) is 1. The van der Waals surface area contributed by atoms with E-state index in [4.69, 9.17) is 4.74 Å². The van der Waals surface area contributed by atoms with E-state index in [1.54, 1.807) is 6.92 Å². The number of rotatable bonds is 8. The van der Waals surface area contributed by atoms with Crippen LogP contribution in [0.2, 0.25) is 0 Å². The van der Waals surface area contributed by atoms with Crippen molar-refractivity contribution < 1.29 is 28.4 Å². The van der Waals surface area contributed by atoms with Crippen LogP contribution in [0.4, 0.5) is 10.1 Å². The molecule has 8 heteroatoms. The Kier molecular flexibility index (Phi) is 6.25. The number of nitrogens with zero attached hydrogens (tertiary/aromatic N) is 1. The highest BCUT2D eigenvalue weighted by atomic mass is 19.1. The number of nitro benzene ring substituents is 1. The molecule has 7 nitrogen and oxygen atoms in total. The third-order valence-electron chi connectivity index (χ3n) is 2.43. The van der Waals surface area contributed by atoms with Crippen LogP contribution in [0.1, 0.15) is 19.8 Å². The van der Waals surface area contributed by atoms with Gasteiger partial charge in [-0.1, -0.05) is 6.07 Å². The fraction of sp³-hybridized carbons (Fsp3) is 0.385. The van der Waals surface area contributed by atoms with Crippen molar-refractivity contribution in [2.75, 3.05) is 13.2 Å². The number of benzene rings is 1. The van der Waals surface area contributed by atoms with Crippen LogP contribution in [0.3, 0.4) is 0 Å². The van der Waals surface area contributed by atoms with Crippen LogP contribution in [0.25, 0.3) is 0 Å². The van der Waals surface area contributed by atoms with E-state index < -0.39 is 40.5 Å². The minimum absolute atomic E-state index is 0.116. The Morgan fingerprint density at radius 2 is 2.05 bits per heavy atom. The van der Waals surface area contributed by atoms with E-state index in [9.17, 15) is 24.1 Å². The molecule has 1 aromatic rings. The molecule has 114 valence electrons. The summed E-state index contributed by atoms with van der Waals surface area (Å²) >= 11 is 0. The van der Waals surface area contributed by atoms with Crippen LogP contribution in [0, 0.1) is 15.9 Å². The monoisotopic (exact) mass is 299 g/mol. The van der Waals surface area contributed by atoms with Gasteiger partial charge < -0.3 is 9.47 Å². The predicted octanol–water partition coefficient (Wildman–Crippen LogP) is 2.03. The van der Waals surface area contributed by atoms with Crippen molar-refractivity contribution in [3.63, 3.8) is 0 Å². The number of nitro groups is 1. The van der Waals surface area contributed by atoms with Gasteiger partial charge in [-0.05, 0) is 13.0 Å². The van der Waals surface area contributed by atoms with Gasteiger partial charge in [0.05, 0.1) is 18.0 Å². The molecule has 0 amide bonds. The van der Waals surface area contributed by atoms with Gasteiger partial charge in [-0.15, -0.1) is 0 Å². The molecule has 0 saturated heterocycles. The molecule has 0 aliphatic carbocycles. The third-order valence-corrected chi connectivity index (χ3v) is 2.43. The molecule has 0 saturated carbocycles. The number of halogens is 1. The standard InChI is InChI=1S/C13H14FNO6/c1-2-20-12(17)7-6-9(16)8-21-13-10(14)4-3-5-11(13)15(18)19/h3-5H,2,6-8H2,1H3. The van der Waals surface area contributed by atoms with Crippen LogP contribution < -0.4 is 4.74 Å². The molecule has 0 spiro atoms.